The summed E-state index contributed by atoms with van der Waals surface area (Å²) >= 11 is 0. The quantitative estimate of drug-likeness (QED) is 0.794. The maximum absolute atomic E-state index is 13.1. The molecule has 2 amide bonds. The van der Waals surface area contributed by atoms with E-state index in [1.165, 1.54) is 12.6 Å². The zero-order chi connectivity index (χ0) is 19.9. The second-order valence-corrected chi connectivity index (χ2v) is 7.55. The zero-order valence-corrected chi connectivity index (χ0v) is 16.5. The van der Waals surface area contributed by atoms with Gasteiger partial charge in [-0.15, -0.1) is 0 Å². The van der Waals surface area contributed by atoms with Gasteiger partial charge in [-0.2, -0.15) is 0 Å². The summed E-state index contributed by atoms with van der Waals surface area (Å²) < 4.78 is 0. The van der Waals surface area contributed by atoms with Gasteiger partial charge in [0, 0.05) is 6.42 Å². The lowest BCUT2D eigenvalue weighted by molar-refractivity contribution is -0.145. The summed E-state index contributed by atoms with van der Waals surface area (Å²) in [5.41, 5.74) is 5.66. The first-order chi connectivity index (χ1) is 13.0. The van der Waals surface area contributed by atoms with Crippen molar-refractivity contribution in [3.63, 3.8) is 0 Å². The summed E-state index contributed by atoms with van der Waals surface area (Å²) in [6.45, 7) is 4.08. The van der Waals surface area contributed by atoms with Crippen LogP contribution in [-0.4, -0.2) is 18.9 Å². The van der Waals surface area contributed by atoms with Crippen LogP contribution in [0.1, 0.15) is 44.2 Å². The second kappa shape index (κ2) is 8.96. The van der Waals surface area contributed by atoms with Crippen LogP contribution < -0.4 is 11.1 Å². The number of hydrogen-bond acceptors (Lipinski definition) is 3. The van der Waals surface area contributed by atoms with Gasteiger partial charge in [0.1, 0.15) is 0 Å². The van der Waals surface area contributed by atoms with Gasteiger partial charge in [0.2, 0.25) is 11.8 Å². The Morgan fingerprint density at radius 2 is 1.48 bits per heavy atom. The molecular weight excluding hydrogens is 336 g/mol. The average molecular weight is 367 g/mol. The van der Waals surface area contributed by atoms with Gasteiger partial charge >= 0.3 is 0 Å². The van der Waals surface area contributed by atoms with Crippen LogP contribution in [0.25, 0.3) is 0 Å². The van der Waals surface area contributed by atoms with E-state index in [4.69, 9.17) is 0 Å². The number of carbonyl (C=O) groups is 2. The summed E-state index contributed by atoms with van der Waals surface area (Å²) in [6, 6.07) is 20.2. The first kappa shape index (κ1) is 20.8. The number of amides is 2. The molecule has 0 radical (unpaired) electrons. The van der Waals surface area contributed by atoms with Crippen molar-refractivity contribution in [2.75, 3.05) is 7.05 Å². The van der Waals surface area contributed by atoms with Crippen LogP contribution in [0, 0.1) is 5.41 Å². The molecule has 2 aromatic rings. The second-order valence-electron chi connectivity index (χ2n) is 7.55. The Hall–Kier alpha value is -2.46. The highest BCUT2D eigenvalue weighted by atomic mass is 16.2. The molecule has 3 rings (SSSR count). The fourth-order valence-electron chi connectivity index (χ4n) is 4.18. The lowest BCUT2D eigenvalue weighted by Crippen LogP contribution is -2.60. The Bertz CT molecular complexity index is 756. The van der Waals surface area contributed by atoms with Crippen LogP contribution in [0.5, 0.6) is 0 Å². The number of hydrogen-bond donors (Lipinski definition) is 2. The largest absolute Gasteiger partial charge is 0.333 e. The van der Waals surface area contributed by atoms with Crippen molar-refractivity contribution >= 4 is 11.8 Å². The zero-order valence-electron chi connectivity index (χ0n) is 16.5. The van der Waals surface area contributed by atoms with Crippen LogP contribution in [0.15, 0.2) is 60.7 Å². The third kappa shape index (κ3) is 4.28. The molecule has 1 saturated heterocycles. The molecule has 0 aliphatic carbocycles. The molecule has 144 valence electrons. The fourth-order valence-corrected chi connectivity index (χ4v) is 4.18. The molecule has 27 heavy (non-hydrogen) atoms. The van der Waals surface area contributed by atoms with Gasteiger partial charge in [0.15, 0.2) is 0 Å². The molecule has 4 heteroatoms. The lowest BCUT2D eigenvalue weighted by atomic mass is 9.56. The van der Waals surface area contributed by atoms with Crippen molar-refractivity contribution in [1.29, 1.82) is 0 Å². The highest BCUT2D eigenvalue weighted by Gasteiger charge is 2.55. The number of aryl methyl sites for hydroxylation is 1. The minimum atomic E-state index is -0.684. The highest BCUT2D eigenvalue weighted by Crippen LogP contribution is 2.49. The molecule has 1 heterocycles. The Labute approximate surface area is 162 Å². The Morgan fingerprint density at radius 3 is 2.04 bits per heavy atom. The SMILES string of the molecule is CC1(C)CC(=O)NC(=O)C1(CCCc1ccccc1)c1ccccc1.CN. The van der Waals surface area contributed by atoms with Crippen LogP contribution in [0.3, 0.4) is 0 Å². The molecule has 1 aliphatic rings. The van der Waals surface area contributed by atoms with Crippen molar-refractivity contribution in [2.45, 2.75) is 44.9 Å². The van der Waals surface area contributed by atoms with Crippen LogP contribution in [0.4, 0.5) is 0 Å². The number of nitrogens with two attached hydrogens (primary N) is 1. The van der Waals surface area contributed by atoms with Crippen LogP contribution >= 0.6 is 0 Å². The highest BCUT2D eigenvalue weighted by molar-refractivity contribution is 6.04. The van der Waals surface area contributed by atoms with E-state index in [2.05, 4.69) is 23.2 Å². The first-order valence-corrected chi connectivity index (χ1v) is 9.47. The monoisotopic (exact) mass is 366 g/mol. The Balaban J connectivity index is 0.00000126. The van der Waals surface area contributed by atoms with Crippen LogP contribution in [0.2, 0.25) is 0 Å². The van der Waals surface area contributed by atoms with E-state index in [0.717, 1.165) is 24.8 Å². The van der Waals surface area contributed by atoms with Crippen molar-refractivity contribution in [3.8, 4) is 0 Å². The van der Waals surface area contributed by atoms with Gasteiger partial charge in [-0.3, -0.25) is 14.9 Å². The number of nitrogens with one attached hydrogen (secondary N) is 1. The Kier molecular flexibility index (Phi) is 6.92. The van der Waals surface area contributed by atoms with Crippen molar-refractivity contribution in [2.24, 2.45) is 11.1 Å². The van der Waals surface area contributed by atoms with Gasteiger partial charge in [-0.05, 0) is 42.9 Å². The van der Waals surface area contributed by atoms with Gasteiger partial charge in [-0.1, -0.05) is 74.5 Å². The average Bonchev–Trinajstić information content (AvgIpc) is 2.66. The smallest absolute Gasteiger partial charge is 0.237 e. The third-order valence-electron chi connectivity index (χ3n) is 5.53. The van der Waals surface area contributed by atoms with Gasteiger partial charge < -0.3 is 5.73 Å². The maximum atomic E-state index is 13.1. The molecule has 4 nitrogen and oxygen atoms in total. The van der Waals surface area contributed by atoms with Crippen molar-refractivity contribution in [1.82, 2.24) is 5.32 Å². The molecule has 0 aromatic heterocycles. The number of rotatable bonds is 5. The summed E-state index contributed by atoms with van der Waals surface area (Å²) in [5.74, 6) is -0.336. The maximum Gasteiger partial charge on any atom is 0.237 e. The summed E-state index contributed by atoms with van der Waals surface area (Å²) in [4.78, 5) is 25.0. The lowest BCUT2D eigenvalue weighted by Gasteiger charge is -2.48. The molecule has 3 N–H and O–H groups in total. The standard InChI is InChI=1S/C22H25NO2.CH5N/c1-21(2)16-19(24)23-20(25)22(21,18-13-7-4-8-14-18)15-9-12-17-10-5-3-6-11-17;1-2/h3-8,10-11,13-14H,9,12,15-16H2,1-2H3,(H,23,24,25);2H2,1H3. The molecule has 2 aromatic carbocycles. The molecule has 1 aliphatic heterocycles. The summed E-state index contributed by atoms with van der Waals surface area (Å²) in [5, 5.41) is 2.60. The van der Waals surface area contributed by atoms with Gasteiger partial charge in [0.05, 0.1) is 5.41 Å². The van der Waals surface area contributed by atoms with E-state index < -0.39 is 10.8 Å². The Morgan fingerprint density at radius 1 is 0.926 bits per heavy atom. The predicted molar refractivity (Wildman–Crippen MR) is 109 cm³/mol. The normalized spacial score (nSPS) is 21.0. The van der Waals surface area contributed by atoms with Gasteiger partial charge in [-0.25, -0.2) is 0 Å². The fraction of sp³-hybridized carbons (Fsp3) is 0.391. The molecule has 0 spiro atoms. The summed E-state index contributed by atoms with van der Waals surface area (Å²) in [7, 11) is 1.50. The summed E-state index contributed by atoms with van der Waals surface area (Å²) in [6.07, 6.45) is 2.90. The molecular formula is C23H30N2O2. The van der Waals surface area contributed by atoms with Crippen molar-refractivity contribution < 1.29 is 9.59 Å². The minimum Gasteiger partial charge on any atom is -0.333 e. The molecule has 0 saturated carbocycles. The van der Waals surface area contributed by atoms with E-state index in [1.807, 2.05) is 62.4 Å². The van der Waals surface area contributed by atoms with Gasteiger partial charge in [0.25, 0.3) is 0 Å². The number of carbonyl (C=O) groups excluding carboxylic acids is 2. The topological polar surface area (TPSA) is 72.2 Å². The minimum absolute atomic E-state index is 0.159. The number of benzene rings is 2. The number of piperidine rings is 1. The molecule has 1 atom stereocenters. The van der Waals surface area contributed by atoms with Crippen LogP contribution in [-0.2, 0) is 21.4 Å². The molecule has 1 fully saturated rings. The van der Waals surface area contributed by atoms with E-state index in [9.17, 15) is 9.59 Å². The third-order valence-corrected chi connectivity index (χ3v) is 5.53. The molecule has 1 unspecified atom stereocenters. The predicted octanol–water partition coefficient (Wildman–Crippen LogP) is 3.59. The van der Waals surface area contributed by atoms with E-state index in [-0.39, 0.29) is 11.8 Å². The van der Waals surface area contributed by atoms with Crippen molar-refractivity contribution in [3.05, 3.63) is 71.8 Å². The van der Waals surface area contributed by atoms with E-state index in [0.29, 0.717) is 6.42 Å². The van der Waals surface area contributed by atoms with E-state index >= 15 is 0 Å². The van der Waals surface area contributed by atoms with E-state index in [1.54, 1.807) is 0 Å². The molecule has 0 bridgehead atoms. The number of imide groups is 1. The first-order valence-electron chi connectivity index (χ1n) is 9.47.